The molecule has 0 bridgehead atoms. The number of likely N-dealkylation sites (tertiary alicyclic amines) is 1. The maximum absolute atomic E-state index is 12.7. The highest BCUT2D eigenvalue weighted by atomic mass is 32.1. The van der Waals surface area contributed by atoms with Crippen LogP contribution in [0.15, 0.2) is 29.9 Å². The first-order valence-corrected chi connectivity index (χ1v) is 13.0. The summed E-state index contributed by atoms with van der Waals surface area (Å²) in [4.78, 5) is 36.3. The fourth-order valence-corrected chi connectivity index (χ4v) is 4.88. The number of aliphatic carboxylic acids is 1. The van der Waals surface area contributed by atoms with E-state index in [1.807, 2.05) is 35.8 Å². The maximum Gasteiger partial charge on any atom is 0.490 e. The molecule has 3 aromatic rings. The monoisotopic (exact) mass is 555 g/mol. The maximum atomic E-state index is 12.7. The molecular weight excluding hydrogens is 523 g/mol. The number of carboxylic acids is 1. The Labute approximate surface area is 222 Å². The fraction of sp³-hybridized carbons (Fsp3) is 0.520. The van der Waals surface area contributed by atoms with Gasteiger partial charge in [0, 0.05) is 51.4 Å². The number of carbonyl (C=O) groups excluding carboxylic acids is 1. The van der Waals surface area contributed by atoms with Gasteiger partial charge >= 0.3 is 12.1 Å². The van der Waals surface area contributed by atoms with Crippen LogP contribution in [0.2, 0.25) is 0 Å². The molecule has 208 valence electrons. The highest BCUT2D eigenvalue weighted by Gasteiger charge is 2.38. The molecule has 13 heteroatoms. The molecule has 9 nitrogen and oxygen atoms in total. The lowest BCUT2D eigenvalue weighted by Gasteiger charge is -2.32. The molecule has 1 aliphatic rings. The number of hydrogen-bond donors (Lipinski definition) is 1. The molecule has 4 rings (SSSR count). The van der Waals surface area contributed by atoms with Crippen molar-refractivity contribution >= 4 is 40.1 Å². The van der Waals surface area contributed by atoms with Crippen LogP contribution in [0.4, 0.5) is 19.0 Å². The summed E-state index contributed by atoms with van der Waals surface area (Å²) in [5, 5.41) is 9.08. The van der Waals surface area contributed by atoms with Gasteiger partial charge in [-0.15, -0.1) is 11.3 Å². The first-order valence-electron chi connectivity index (χ1n) is 12.1. The average Bonchev–Trinajstić information content (AvgIpc) is 3.56. The number of pyridine rings is 1. The van der Waals surface area contributed by atoms with Gasteiger partial charge in [0.1, 0.15) is 5.52 Å². The predicted octanol–water partition coefficient (Wildman–Crippen LogP) is 4.81. The van der Waals surface area contributed by atoms with E-state index in [1.54, 1.807) is 7.11 Å². The molecule has 0 aromatic carbocycles. The lowest BCUT2D eigenvalue weighted by molar-refractivity contribution is -0.192. The number of aromatic nitrogens is 3. The molecule has 0 saturated carbocycles. The quantitative estimate of drug-likeness (QED) is 0.447. The highest BCUT2D eigenvalue weighted by molar-refractivity contribution is 7.12. The third kappa shape index (κ3) is 7.01. The molecule has 0 unspecified atom stereocenters. The van der Waals surface area contributed by atoms with Gasteiger partial charge in [-0.05, 0) is 44.2 Å². The van der Waals surface area contributed by atoms with Crippen LogP contribution in [0, 0.1) is 0 Å². The van der Waals surface area contributed by atoms with Crippen molar-refractivity contribution in [2.24, 2.45) is 0 Å². The molecule has 4 heterocycles. The zero-order valence-corrected chi connectivity index (χ0v) is 22.6. The molecule has 0 spiro atoms. The van der Waals surface area contributed by atoms with Crippen LogP contribution in [-0.2, 0) is 9.53 Å². The molecular formula is C25H32F3N5O4S. The van der Waals surface area contributed by atoms with Crippen LogP contribution in [-0.4, -0.2) is 83.0 Å². The summed E-state index contributed by atoms with van der Waals surface area (Å²) in [6.45, 7) is 7.26. The number of nitrogens with zero attached hydrogens (tertiary/aromatic N) is 5. The van der Waals surface area contributed by atoms with Gasteiger partial charge in [-0.2, -0.15) is 13.2 Å². The summed E-state index contributed by atoms with van der Waals surface area (Å²) in [5.41, 5.74) is 3.15. The molecule has 3 aromatic heterocycles. The van der Waals surface area contributed by atoms with Crippen molar-refractivity contribution in [1.82, 2.24) is 19.4 Å². The summed E-state index contributed by atoms with van der Waals surface area (Å²) < 4.78 is 39.2. The van der Waals surface area contributed by atoms with Crippen molar-refractivity contribution < 1.29 is 32.6 Å². The van der Waals surface area contributed by atoms with Gasteiger partial charge < -0.3 is 24.2 Å². The Balaban J connectivity index is 0.000000505. The highest BCUT2D eigenvalue weighted by Crippen LogP contribution is 2.33. The minimum absolute atomic E-state index is 0.148. The van der Waals surface area contributed by atoms with Crippen molar-refractivity contribution in [2.45, 2.75) is 44.8 Å². The third-order valence-corrected chi connectivity index (χ3v) is 7.14. The second-order valence-corrected chi connectivity index (χ2v) is 10.2. The Hall–Kier alpha value is -3.19. The number of likely N-dealkylation sites (N-methyl/N-ethyl adjacent to an activating group) is 1. The Kier molecular flexibility index (Phi) is 9.71. The van der Waals surface area contributed by atoms with Gasteiger partial charge in [-0.3, -0.25) is 4.79 Å². The summed E-state index contributed by atoms with van der Waals surface area (Å²) in [6, 6.07) is 6.37. The normalized spacial score (nSPS) is 14.5. The van der Waals surface area contributed by atoms with Gasteiger partial charge in [0.25, 0.3) is 5.91 Å². The number of rotatable bonds is 7. The van der Waals surface area contributed by atoms with Gasteiger partial charge in [0.15, 0.2) is 5.82 Å². The van der Waals surface area contributed by atoms with E-state index in [0.717, 1.165) is 59.9 Å². The summed E-state index contributed by atoms with van der Waals surface area (Å²) in [7, 11) is 3.76. The van der Waals surface area contributed by atoms with E-state index in [-0.39, 0.29) is 5.91 Å². The second kappa shape index (κ2) is 12.6. The predicted molar refractivity (Wildman–Crippen MR) is 139 cm³/mol. The van der Waals surface area contributed by atoms with Gasteiger partial charge in [-0.1, -0.05) is 6.07 Å². The number of amides is 1. The zero-order valence-electron chi connectivity index (χ0n) is 21.7. The van der Waals surface area contributed by atoms with E-state index in [1.165, 1.54) is 11.3 Å². The van der Waals surface area contributed by atoms with E-state index < -0.39 is 12.1 Å². The second-order valence-electron chi connectivity index (χ2n) is 9.25. The Morgan fingerprint density at radius 2 is 1.95 bits per heavy atom. The van der Waals surface area contributed by atoms with E-state index in [9.17, 15) is 18.0 Å². The molecule has 1 N–H and O–H groups in total. The molecule has 0 atom stereocenters. The van der Waals surface area contributed by atoms with Crippen LogP contribution in [0.3, 0.4) is 0 Å². The lowest BCUT2D eigenvalue weighted by Crippen LogP contribution is -2.37. The van der Waals surface area contributed by atoms with E-state index >= 15 is 0 Å². The summed E-state index contributed by atoms with van der Waals surface area (Å²) >= 11 is 1.51. The molecule has 1 fully saturated rings. The minimum Gasteiger partial charge on any atom is -0.475 e. The molecule has 1 amide bonds. The SMILES string of the molecule is COCCN(C)c1nc(C2CCN(C(=O)c3cccs3)CC2)cc2c1ncn2C(C)C.O=C(O)C(F)(F)F. The van der Waals surface area contributed by atoms with Crippen LogP contribution in [0.1, 0.15) is 54.0 Å². The Bertz CT molecular complexity index is 1220. The Morgan fingerprint density at radius 1 is 1.29 bits per heavy atom. The van der Waals surface area contributed by atoms with Crippen molar-refractivity contribution in [3.63, 3.8) is 0 Å². The average molecular weight is 556 g/mol. The Morgan fingerprint density at radius 3 is 2.47 bits per heavy atom. The van der Waals surface area contributed by atoms with Crippen molar-refractivity contribution in [1.29, 1.82) is 0 Å². The number of alkyl halides is 3. The number of halogens is 3. The largest absolute Gasteiger partial charge is 0.490 e. The number of ether oxygens (including phenoxy) is 1. The minimum atomic E-state index is -5.08. The number of piperidine rings is 1. The number of thiophene rings is 1. The molecule has 38 heavy (non-hydrogen) atoms. The van der Waals surface area contributed by atoms with E-state index in [2.05, 4.69) is 34.4 Å². The number of hydrogen-bond acceptors (Lipinski definition) is 7. The fourth-order valence-electron chi connectivity index (χ4n) is 4.19. The zero-order chi connectivity index (χ0) is 28.0. The number of methoxy groups -OCH3 is 1. The van der Waals surface area contributed by atoms with Crippen molar-refractivity contribution in [3.05, 3.63) is 40.5 Å². The van der Waals surface area contributed by atoms with Crippen LogP contribution in [0.5, 0.6) is 0 Å². The van der Waals surface area contributed by atoms with Crippen LogP contribution < -0.4 is 4.90 Å². The van der Waals surface area contributed by atoms with Crippen molar-refractivity contribution in [3.8, 4) is 0 Å². The molecule has 1 aliphatic heterocycles. The van der Waals surface area contributed by atoms with Gasteiger partial charge in [0.05, 0.1) is 23.3 Å². The van der Waals surface area contributed by atoms with Crippen LogP contribution in [0.25, 0.3) is 11.0 Å². The molecule has 0 radical (unpaired) electrons. The summed E-state index contributed by atoms with van der Waals surface area (Å²) in [5.74, 6) is -1.37. The number of anilines is 1. The van der Waals surface area contributed by atoms with E-state index in [0.29, 0.717) is 18.6 Å². The number of fused-ring (bicyclic) bond motifs is 1. The smallest absolute Gasteiger partial charge is 0.475 e. The number of carboxylic acid groups (broad SMARTS) is 1. The summed E-state index contributed by atoms with van der Waals surface area (Å²) in [6.07, 6.45) is -1.32. The standard InChI is InChI=1S/C23H31N5O2S.C2HF3O2/c1-16(2)28-15-24-21-19(28)14-18(25-22(21)26(3)11-12-30-4)17-7-9-27(10-8-17)23(29)20-6-5-13-31-20;3-2(4,5)1(6)7/h5-6,13-17H,7-12H2,1-4H3;(H,6,7). The first kappa shape index (κ1) is 29.4. The third-order valence-electron chi connectivity index (χ3n) is 6.29. The van der Waals surface area contributed by atoms with Gasteiger partial charge in [-0.25, -0.2) is 14.8 Å². The lowest BCUT2D eigenvalue weighted by atomic mass is 9.92. The van der Waals surface area contributed by atoms with E-state index in [4.69, 9.17) is 19.6 Å². The van der Waals surface area contributed by atoms with Gasteiger partial charge in [0.2, 0.25) is 0 Å². The number of carbonyl (C=O) groups is 2. The van der Waals surface area contributed by atoms with Crippen LogP contribution >= 0.6 is 11.3 Å². The topological polar surface area (TPSA) is 101 Å². The molecule has 1 saturated heterocycles. The number of imidazole rings is 1. The van der Waals surface area contributed by atoms with Crippen molar-refractivity contribution in [2.75, 3.05) is 45.3 Å². The first-order chi connectivity index (χ1) is 17.9. The molecule has 0 aliphatic carbocycles.